The molecule has 5 rings (SSSR count). The normalized spacial score (nSPS) is 20.5. The number of hydrogen-bond acceptors (Lipinski definition) is 5. The number of nitrogens with zero attached hydrogens (tertiary/aromatic N) is 1. The highest BCUT2D eigenvalue weighted by Gasteiger charge is 2.50. The fourth-order valence-corrected chi connectivity index (χ4v) is 5.99. The third-order valence-electron chi connectivity index (χ3n) is 7.87. The summed E-state index contributed by atoms with van der Waals surface area (Å²) in [6.07, 6.45) is 2.13. The summed E-state index contributed by atoms with van der Waals surface area (Å²) in [5.74, 6) is -2.11. The number of nitrogens with one attached hydrogen (secondary N) is 1. The number of carbonyl (C=O) groups is 4. The van der Waals surface area contributed by atoms with Gasteiger partial charge in [-0.2, -0.15) is 0 Å². The number of esters is 1. The van der Waals surface area contributed by atoms with Gasteiger partial charge in [-0.15, -0.1) is 0 Å². The van der Waals surface area contributed by atoms with Crippen LogP contribution in [0.5, 0.6) is 0 Å². The summed E-state index contributed by atoms with van der Waals surface area (Å²) < 4.78 is 6.18. The van der Waals surface area contributed by atoms with Crippen molar-refractivity contribution >= 4 is 51.0 Å². The summed E-state index contributed by atoms with van der Waals surface area (Å²) >= 11 is 3.46. The number of benzene rings is 3. The molecule has 3 aromatic rings. The molecular weight excluding hydrogens is 560 g/mol. The first-order valence-electron chi connectivity index (χ1n) is 13.0. The van der Waals surface area contributed by atoms with Gasteiger partial charge >= 0.3 is 5.97 Å². The highest BCUT2D eigenvalue weighted by atomic mass is 79.9. The second kappa shape index (κ2) is 11.1. The van der Waals surface area contributed by atoms with Gasteiger partial charge < -0.3 is 10.1 Å². The topological polar surface area (TPSA) is 92.8 Å². The third kappa shape index (κ3) is 5.39. The lowest BCUT2D eigenvalue weighted by atomic mass is 9.73. The number of hydrogen-bond donors (Lipinski definition) is 1. The van der Waals surface area contributed by atoms with E-state index in [1.54, 1.807) is 18.2 Å². The van der Waals surface area contributed by atoms with E-state index in [1.807, 2.05) is 38.1 Å². The first kappa shape index (κ1) is 26.8. The molecule has 200 valence electrons. The summed E-state index contributed by atoms with van der Waals surface area (Å²) in [7, 11) is 0. The van der Waals surface area contributed by atoms with E-state index in [0.717, 1.165) is 22.0 Å². The van der Waals surface area contributed by atoms with Gasteiger partial charge in [-0.3, -0.25) is 19.3 Å². The van der Waals surface area contributed by atoms with Gasteiger partial charge in [-0.1, -0.05) is 52.3 Å². The van der Waals surface area contributed by atoms with Crippen LogP contribution >= 0.6 is 15.9 Å². The molecule has 3 amide bonds. The molecule has 2 aliphatic rings. The minimum Gasteiger partial charge on any atom is -0.452 e. The van der Waals surface area contributed by atoms with E-state index in [2.05, 4.69) is 33.4 Å². The monoisotopic (exact) mass is 588 g/mol. The molecule has 1 aliphatic heterocycles. The third-order valence-corrected chi connectivity index (χ3v) is 8.73. The van der Waals surface area contributed by atoms with Crippen LogP contribution in [0.15, 0.2) is 71.2 Å². The Balaban J connectivity index is 1.24. The molecule has 1 heterocycles. The van der Waals surface area contributed by atoms with E-state index in [-0.39, 0.29) is 35.1 Å². The zero-order chi connectivity index (χ0) is 27.7. The van der Waals surface area contributed by atoms with Gasteiger partial charge in [0.05, 0.1) is 23.1 Å². The van der Waals surface area contributed by atoms with Crippen LogP contribution in [-0.4, -0.2) is 30.3 Å². The predicted octanol–water partition coefficient (Wildman–Crippen LogP) is 5.93. The van der Waals surface area contributed by atoms with Crippen molar-refractivity contribution in [2.24, 2.45) is 11.8 Å². The highest BCUT2D eigenvalue weighted by molar-refractivity contribution is 9.10. The molecule has 39 heavy (non-hydrogen) atoms. The van der Waals surface area contributed by atoms with E-state index in [4.69, 9.17) is 4.74 Å². The average molecular weight is 589 g/mol. The largest absolute Gasteiger partial charge is 0.452 e. The van der Waals surface area contributed by atoms with Crippen LogP contribution in [0.2, 0.25) is 0 Å². The molecule has 0 spiro atoms. The van der Waals surface area contributed by atoms with Crippen molar-refractivity contribution in [3.63, 3.8) is 0 Å². The summed E-state index contributed by atoms with van der Waals surface area (Å²) in [6, 6.07) is 20.0. The van der Waals surface area contributed by atoms with E-state index < -0.39 is 18.5 Å². The Kier molecular flexibility index (Phi) is 7.66. The van der Waals surface area contributed by atoms with Crippen LogP contribution in [0.1, 0.15) is 52.2 Å². The van der Waals surface area contributed by atoms with Crippen molar-refractivity contribution < 1.29 is 23.9 Å². The Labute approximate surface area is 235 Å². The van der Waals surface area contributed by atoms with Crippen LogP contribution < -0.4 is 10.2 Å². The number of imide groups is 1. The minimum atomic E-state index is -0.712. The number of ether oxygens (including phenoxy) is 1. The summed E-state index contributed by atoms with van der Waals surface area (Å²) in [4.78, 5) is 53.1. The zero-order valence-corrected chi connectivity index (χ0v) is 23.4. The molecule has 0 unspecified atom stereocenters. The van der Waals surface area contributed by atoms with Crippen LogP contribution in [-0.2, 0) is 19.1 Å². The zero-order valence-electron chi connectivity index (χ0n) is 21.8. The Morgan fingerprint density at radius 3 is 2.44 bits per heavy atom. The molecule has 1 saturated carbocycles. The summed E-state index contributed by atoms with van der Waals surface area (Å²) in [5.41, 5.74) is 4.24. The maximum atomic E-state index is 13.4. The molecule has 0 radical (unpaired) electrons. The molecular formula is C31H29BrN2O5. The van der Waals surface area contributed by atoms with Crippen molar-refractivity contribution in [3.8, 4) is 0 Å². The Morgan fingerprint density at radius 1 is 0.923 bits per heavy atom. The lowest BCUT2D eigenvalue weighted by Crippen LogP contribution is -2.31. The van der Waals surface area contributed by atoms with Gasteiger partial charge in [-0.05, 0) is 86.1 Å². The van der Waals surface area contributed by atoms with Gasteiger partial charge in [0.1, 0.15) is 0 Å². The Bertz CT molecular complexity index is 1450. The van der Waals surface area contributed by atoms with Gasteiger partial charge in [0.25, 0.3) is 5.91 Å². The molecule has 2 fully saturated rings. The van der Waals surface area contributed by atoms with Gasteiger partial charge in [0.2, 0.25) is 11.8 Å². The first-order chi connectivity index (χ1) is 18.7. The van der Waals surface area contributed by atoms with Gasteiger partial charge in [-0.25, -0.2) is 4.79 Å². The predicted molar refractivity (Wildman–Crippen MR) is 151 cm³/mol. The second-order valence-electron chi connectivity index (χ2n) is 10.2. The molecule has 1 N–H and O–H groups in total. The van der Waals surface area contributed by atoms with Crippen LogP contribution in [0.25, 0.3) is 0 Å². The highest BCUT2D eigenvalue weighted by Crippen LogP contribution is 2.45. The maximum Gasteiger partial charge on any atom is 0.338 e. The van der Waals surface area contributed by atoms with Crippen molar-refractivity contribution in [2.45, 2.75) is 39.0 Å². The molecule has 0 bridgehead atoms. The summed E-state index contributed by atoms with van der Waals surface area (Å²) in [6.45, 7) is 3.37. The lowest BCUT2D eigenvalue weighted by Gasteiger charge is -2.28. The lowest BCUT2D eigenvalue weighted by molar-refractivity contribution is -0.122. The van der Waals surface area contributed by atoms with E-state index >= 15 is 0 Å². The van der Waals surface area contributed by atoms with E-state index in [0.29, 0.717) is 24.2 Å². The van der Waals surface area contributed by atoms with Crippen molar-refractivity contribution in [3.05, 3.63) is 93.5 Å². The summed E-state index contributed by atoms with van der Waals surface area (Å²) in [5, 5.41) is 2.76. The number of halogens is 1. The molecule has 8 heteroatoms. The van der Waals surface area contributed by atoms with E-state index in [9.17, 15) is 19.2 Å². The van der Waals surface area contributed by atoms with Crippen molar-refractivity contribution in [1.29, 1.82) is 0 Å². The smallest absolute Gasteiger partial charge is 0.338 e. The van der Waals surface area contributed by atoms with Crippen LogP contribution in [0, 0.1) is 25.7 Å². The number of anilines is 2. The van der Waals surface area contributed by atoms with Crippen molar-refractivity contribution in [2.75, 3.05) is 16.8 Å². The first-order valence-corrected chi connectivity index (χ1v) is 13.8. The maximum absolute atomic E-state index is 13.4. The van der Waals surface area contributed by atoms with Gasteiger partial charge in [0.15, 0.2) is 6.61 Å². The Hall–Kier alpha value is -3.78. The number of rotatable bonds is 6. The minimum absolute atomic E-state index is 0.161. The fourth-order valence-electron chi connectivity index (χ4n) is 5.56. The molecule has 0 aromatic heterocycles. The molecule has 1 aliphatic carbocycles. The molecule has 3 atom stereocenters. The van der Waals surface area contributed by atoms with Crippen molar-refractivity contribution in [1.82, 2.24) is 0 Å². The van der Waals surface area contributed by atoms with E-state index in [1.165, 1.54) is 22.6 Å². The standard InChI is InChI=1S/C31H29BrN2O5/c1-18-19(2)27(14-13-26(18)32)33-28(35)17-39-31(38)22-9-6-10-23(15-22)34-29(36)24-12-11-21(16-25(24)30(34)37)20-7-4-3-5-8-20/h3-10,13-15,21,24-25H,11-12,16-17H2,1-2H3,(H,33,35)/t21-,24-,25-/m1/s1. The molecule has 7 nitrogen and oxygen atoms in total. The number of carbonyl (C=O) groups excluding carboxylic acids is 4. The molecule has 3 aromatic carbocycles. The number of fused-ring (bicyclic) bond motifs is 1. The Morgan fingerprint density at radius 2 is 1.67 bits per heavy atom. The average Bonchev–Trinajstić information content (AvgIpc) is 3.21. The van der Waals surface area contributed by atoms with Gasteiger partial charge in [0, 0.05) is 10.2 Å². The molecule has 1 saturated heterocycles. The fraction of sp³-hybridized carbons (Fsp3) is 0.290. The second-order valence-corrected chi connectivity index (χ2v) is 11.0. The quantitative estimate of drug-likeness (QED) is 0.284. The van der Waals surface area contributed by atoms with Crippen LogP contribution in [0.3, 0.4) is 0 Å². The SMILES string of the molecule is Cc1c(Br)ccc(NC(=O)COC(=O)c2cccc(N3C(=O)[C@@H]4CC[C@@H](c5ccccc5)C[C@H]4C3=O)c2)c1C. The number of amides is 3. The van der Waals surface area contributed by atoms with Crippen LogP contribution in [0.4, 0.5) is 11.4 Å².